The molecule has 2 heterocycles. The van der Waals surface area contributed by atoms with Crippen molar-refractivity contribution in [2.24, 2.45) is 0 Å². The van der Waals surface area contributed by atoms with E-state index in [1.54, 1.807) is 12.0 Å². The summed E-state index contributed by atoms with van der Waals surface area (Å²) in [5.74, 6) is 1.43. The predicted molar refractivity (Wildman–Crippen MR) is 109 cm³/mol. The molecule has 8 nitrogen and oxygen atoms in total. The maximum absolute atomic E-state index is 12.8. The van der Waals surface area contributed by atoms with Gasteiger partial charge in [-0.15, -0.1) is 0 Å². The van der Waals surface area contributed by atoms with Gasteiger partial charge in [-0.2, -0.15) is 0 Å². The number of carbonyl (C=O) groups excluding carboxylic acids is 2. The number of carbonyl (C=O) groups is 2. The first-order chi connectivity index (χ1) is 14.5. The molecule has 8 heteroatoms. The highest BCUT2D eigenvalue weighted by Crippen LogP contribution is 2.25. The summed E-state index contributed by atoms with van der Waals surface area (Å²) in [7, 11) is 1.63. The zero-order valence-electron chi connectivity index (χ0n) is 16.9. The van der Waals surface area contributed by atoms with Crippen LogP contribution in [0.15, 0.2) is 47.1 Å². The number of rotatable bonds is 5. The second-order valence-corrected chi connectivity index (χ2v) is 7.19. The van der Waals surface area contributed by atoms with Crippen molar-refractivity contribution in [3.8, 4) is 11.5 Å². The molecule has 0 aliphatic carbocycles. The number of amides is 2. The average Bonchev–Trinajstić information content (AvgIpc) is 3.17. The number of oxazole rings is 1. The second kappa shape index (κ2) is 8.44. The Kier molecular flexibility index (Phi) is 5.56. The van der Waals surface area contributed by atoms with Gasteiger partial charge in [-0.3, -0.25) is 9.59 Å². The first-order valence-electron chi connectivity index (χ1n) is 9.76. The fraction of sp³-hybridized carbons (Fsp3) is 0.318. The molecular formula is C22H23N3O5. The molecule has 2 amide bonds. The van der Waals surface area contributed by atoms with Crippen molar-refractivity contribution in [1.29, 1.82) is 0 Å². The molecule has 3 aromatic rings. The molecule has 2 aromatic carbocycles. The Bertz CT molecular complexity index is 1080. The smallest absolute Gasteiger partial charge is 0.276 e. The zero-order valence-corrected chi connectivity index (χ0v) is 16.9. The van der Waals surface area contributed by atoms with Crippen molar-refractivity contribution in [2.45, 2.75) is 26.0 Å². The fourth-order valence-corrected chi connectivity index (χ4v) is 3.39. The Morgan fingerprint density at radius 3 is 2.80 bits per heavy atom. The van der Waals surface area contributed by atoms with Gasteiger partial charge in [0.2, 0.25) is 11.8 Å². The van der Waals surface area contributed by atoms with Gasteiger partial charge in [0.1, 0.15) is 17.8 Å². The summed E-state index contributed by atoms with van der Waals surface area (Å²) in [6.45, 7) is 2.76. The normalized spacial score (nSPS) is 16.8. The molecule has 1 aliphatic heterocycles. The Labute approximate surface area is 173 Å². The summed E-state index contributed by atoms with van der Waals surface area (Å²) in [5.41, 5.74) is 0.207. The lowest BCUT2D eigenvalue weighted by Gasteiger charge is -2.25. The van der Waals surface area contributed by atoms with Gasteiger partial charge in [0, 0.05) is 25.6 Å². The van der Waals surface area contributed by atoms with Crippen LogP contribution in [0.2, 0.25) is 0 Å². The number of hydrogen-bond donors (Lipinski definition) is 1. The quantitative estimate of drug-likeness (QED) is 0.696. The fourth-order valence-electron chi connectivity index (χ4n) is 3.39. The van der Waals surface area contributed by atoms with Crippen LogP contribution in [-0.2, 0) is 11.4 Å². The number of benzene rings is 2. The molecule has 1 unspecified atom stereocenters. The Balaban J connectivity index is 1.42. The molecule has 1 atom stereocenters. The summed E-state index contributed by atoms with van der Waals surface area (Å²) < 4.78 is 16.5. The Hall–Kier alpha value is -3.55. The molecule has 1 saturated heterocycles. The van der Waals surface area contributed by atoms with E-state index in [0.717, 1.165) is 16.5 Å². The van der Waals surface area contributed by atoms with Crippen molar-refractivity contribution in [1.82, 2.24) is 15.2 Å². The first-order valence-corrected chi connectivity index (χ1v) is 9.76. The third kappa shape index (κ3) is 4.22. The second-order valence-electron chi connectivity index (χ2n) is 7.19. The molecule has 0 spiro atoms. The van der Waals surface area contributed by atoms with E-state index in [1.807, 2.05) is 43.3 Å². The van der Waals surface area contributed by atoms with Crippen LogP contribution in [0, 0.1) is 0 Å². The van der Waals surface area contributed by atoms with Gasteiger partial charge in [-0.25, -0.2) is 4.98 Å². The van der Waals surface area contributed by atoms with E-state index in [9.17, 15) is 9.59 Å². The van der Waals surface area contributed by atoms with Gasteiger partial charge in [0.05, 0.1) is 7.11 Å². The SMILES string of the molecule is COc1ccc2ccc(OCc3nc(C(=O)N4CCC(=O)NCC4C)co3)cc2c1. The molecule has 1 N–H and O–H groups in total. The van der Waals surface area contributed by atoms with Crippen molar-refractivity contribution in [3.05, 3.63) is 54.2 Å². The minimum Gasteiger partial charge on any atom is -0.497 e. The predicted octanol–water partition coefficient (Wildman–Crippen LogP) is 2.77. The molecule has 1 aliphatic rings. The lowest BCUT2D eigenvalue weighted by atomic mass is 10.1. The molecule has 1 aromatic heterocycles. The monoisotopic (exact) mass is 409 g/mol. The first kappa shape index (κ1) is 19.8. The van der Waals surface area contributed by atoms with Gasteiger partial charge in [0.15, 0.2) is 12.3 Å². The topological polar surface area (TPSA) is 93.9 Å². The van der Waals surface area contributed by atoms with Crippen LogP contribution in [0.5, 0.6) is 11.5 Å². The maximum atomic E-state index is 12.8. The van der Waals surface area contributed by atoms with Gasteiger partial charge in [-0.05, 0) is 42.0 Å². The maximum Gasteiger partial charge on any atom is 0.276 e. The largest absolute Gasteiger partial charge is 0.497 e. The summed E-state index contributed by atoms with van der Waals surface area (Å²) >= 11 is 0. The number of aromatic nitrogens is 1. The summed E-state index contributed by atoms with van der Waals surface area (Å²) in [5, 5.41) is 4.86. The number of nitrogens with one attached hydrogen (secondary N) is 1. The molecule has 4 rings (SSSR count). The lowest BCUT2D eigenvalue weighted by Crippen LogP contribution is -2.42. The number of hydrogen-bond acceptors (Lipinski definition) is 6. The summed E-state index contributed by atoms with van der Waals surface area (Å²) in [4.78, 5) is 30.2. The van der Waals surface area contributed by atoms with Crippen molar-refractivity contribution < 1.29 is 23.5 Å². The van der Waals surface area contributed by atoms with Gasteiger partial charge in [-0.1, -0.05) is 12.1 Å². The molecule has 1 fully saturated rings. The number of nitrogens with zero attached hydrogens (tertiary/aromatic N) is 2. The zero-order chi connectivity index (χ0) is 21.1. The summed E-state index contributed by atoms with van der Waals surface area (Å²) in [6.07, 6.45) is 1.61. The van der Waals surface area contributed by atoms with E-state index in [-0.39, 0.29) is 36.6 Å². The van der Waals surface area contributed by atoms with E-state index in [1.165, 1.54) is 6.26 Å². The van der Waals surface area contributed by atoms with Gasteiger partial charge < -0.3 is 24.1 Å². The molecule has 0 bridgehead atoms. The molecule has 0 saturated carbocycles. The van der Waals surface area contributed by atoms with E-state index in [4.69, 9.17) is 13.9 Å². The third-order valence-electron chi connectivity index (χ3n) is 5.12. The van der Waals surface area contributed by atoms with Crippen LogP contribution < -0.4 is 14.8 Å². The van der Waals surface area contributed by atoms with E-state index < -0.39 is 0 Å². The van der Waals surface area contributed by atoms with Gasteiger partial charge in [0.25, 0.3) is 5.91 Å². The standard InChI is InChI=1S/C22H23N3O5/c1-14-11-23-20(26)7-8-25(14)22(27)19-12-30-21(24-19)13-29-18-6-4-15-3-5-17(28-2)9-16(15)10-18/h3-6,9-10,12,14H,7-8,11,13H2,1-2H3,(H,23,26). The van der Waals surface area contributed by atoms with Crippen molar-refractivity contribution in [2.75, 3.05) is 20.2 Å². The number of fused-ring (bicyclic) bond motifs is 1. The van der Waals surface area contributed by atoms with Crippen molar-refractivity contribution in [3.63, 3.8) is 0 Å². The van der Waals surface area contributed by atoms with Crippen LogP contribution in [-0.4, -0.2) is 47.9 Å². The van der Waals surface area contributed by atoms with E-state index >= 15 is 0 Å². The highest BCUT2D eigenvalue weighted by molar-refractivity contribution is 5.93. The van der Waals surface area contributed by atoms with Crippen molar-refractivity contribution >= 4 is 22.6 Å². The minimum absolute atomic E-state index is 0.0561. The van der Waals surface area contributed by atoms with Crippen LogP contribution >= 0.6 is 0 Å². The number of methoxy groups -OCH3 is 1. The van der Waals surface area contributed by atoms with Crippen LogP contribution in [0.3, 0.4) is 0 Å². The highest BCUT2D eigenvalue weighted by Gasteiger charge is 2.27. The van der Waals surface area contributed by atoms with E-state index in [2.05, 4.69) is 10.3 Å². The lowest BCUT2D eigenvalue weighted by molar-refractivity contribution is -0.120. The van der Waals surface area contributed by atoms with Crippen LogP contribution in [0.4, 0.5) is 0 Å². The summed E-state index contributed by atoms with van der Waals surface area (Å²) in [6, 6.07) is 11.5. The molecular weight excluding hydrogens is 386 g/mol. The third-order valence-corrected chi connectivity index (χ3v) is 5.12. The highest BCUT2D eigenvalue weighted by atomic mass is 16.5. The Morgan fingerprint density at radius 2 is 2.00 bits per heavy atom. The Morgan fingerprint density at radius 1 is 1.23 bits per heavy atom. The van der Waals surface area contributed by atoms with E-state index in [0.29, 0.717) is 24.7 Å². The average molecular weight is 409 g/mol. The molecule has 156 valence electrons. The molecule has 30 heavy (non-hydrogen) atoms. The van der Waals surface area contributed by atoms with Crippen LogP contribution in [0.1, 0.15) is 29.7 Å². The molecule has 0 radical (unpaired) electrons. The number of ether oxygens (including phenoxy) is 2. The van der Waals surface area contributed by atoms with Crippen LogP contribution in [0.25, 0.3) is 10.8 Å². The minimum atomic E-state index is -0.258. The van der Waals surface area contributed by atoms with Gasteiger partial charge >= 0.3 is 0 Å².